The summed E-state index contributed by atoms with van der Waals surface area (Å²) in [4.78, 5) is 12.3. The molecule has 0 aliphatic heterocycles. The molecule has 0 aromatic heterocycles. The first-order valence-electron chi connectivity index (χ1n) is 6.83. The van der Waals surface area contributed by atoms with Gasteiger partial charge < -0.3 is 4.74 Å². The molecule has 0 saturated heterocycles. The van der Waals surface area contributed by atoms with E-state index in [-0.39, 0.29) is 11.1 Å². The standard InChI is InChI=1S/C18H12F3NO2/c1-24-16-8-4-13(5-9-16)17(23)14(11-22)10-12-2-6-15(7-3-12)18(19,20)21/h2-10H,1H3/b14-10+. The van der Waals surface area contributed by atoms with E-state index in [1.54, 1.807) is 18.2 Å². The van der Waals surface area contributed by atoms with Crippen LogP contribution >= 0.6 is 0 Å². The quantitative estimate of drug-likeness (QED) is 0.471. The molecule has 0 bridgehead atoms. The van der Waals surface area contributed by atoms with Crippen LogP contribution in [0.5, 0.6) is 5.75 Å². The zero-order valence-electron chi connectivity index (χ0n) is 12.6. The van der Waals surface area contributed by atoms with Crippen molar-refractivity contribution >= 4 is 11.9 Å². The summed E-state index contributed by atoms with van der Waals surface area (Å²) in [7, 11) is 1.49. The van der Waals surface area contributed by atoms with Crippen molar-refractivity contribution in [1.29, 1.82) is 5.26 Å². The number of hydrogen-bond acceptors (Lipinski definition) is 3. The number of Topliss-reactive ketones (excluding diaryl/α,β-unsaturated/α-hetero) is 1. The van der Waals surface area contributed by atoms with Crippen molar-refractivity contribution in [1.82, 2.24) is 0 Å². The highest BCUT2D eigenvalue weighted by atomic mass is 19.4. The van der Waals surface area contributed by atoms with E-state index in [2.05, 4.69) is 0 Å². The molecule has 6 heteroatoms. The van der Waals surface area contributed by atoms with E-state index in [1.807, 2.05) is 0 Å². The van der Waals surface area contributed by atoms with Crippen LogP contribution in [0.4, 0.5) is 13.2 Å². The molecule has 0 N–H and O–H groups in total. The van der Waals surface area contributed by atoms with Crippen LogP contribution in [0, 0.1) is 11.3 Å². The molecule has 0 heterocycles. The maximum atomic E-state index is 12.5. The van der Waals surface area contributed by atoms with Crippen LogP contribution < -0.4 is 4.74 Å². The highest BCUT2D eigenvalue weighted by Gasteiger charge is 2.29. The second-order valence-electron chi connectivity index (χ2n) is 4.85. The van der Waals surface area contributed by atoms with Crippen molar-refractivity contribution < 1.29 is 22.7 Å². The first-order chi connectivity index (χ1) is 11.3. The number of nitriles is 1. The fraction of sp³-hybridized carbons (Fsp3) is 0.111. The minimum atomic E-state index is -4.43. The normalized spacial score (nSPS) is 11.7. The van der Waals surface area contributed by atoms with Crippen molar-refractivity contribution in [2.45, 2.75) is 6.18 Å². The second-order valence-corrected chi connectivity index (χ2v) is 4.85. The monoisotopic (exact) mass is 331 g/mol. The van der Waals surface area contributed by atoms with Crippen LogP contribution in [0.2, 0.25) is 0 Å². The largest absolute Gasteiger partial charge is 0.497 e. The summed E-state index contributed by atoms with van der Waals surface area (Å²) in [5.41, 5.74) is -0.337. The van der Waals surface area contributed by atoms with E-state index >= 15 is 0 Å². The van der Waals surface area contributed by atoms with Crippen LogP contribution in [0.15, 0.2) is 54.1 Å². The molecule has 0 radical (unpaired) electrons. The van der Waals surface area contributed by atoms with Gasteiger partial charge in [-0.25, -0.2) is 0 Å². The van der Waals surface area contributed by atoms with Gasteiger partial charge in [-0.05, 0) is 48.0 Å². The zero-order valence-corrected chi connectivity index (χ0v) is 12.6. The number of ketones is 1. The molecule has 0 amide bonds. The summed E-state index contributed by atoms with van der Waals surface area (Å²) in [5, 5.41) is 9.16. The molecule has 2 aromatic carbocycles. The van der Waals surface area contributed by atoms with Gasteiger partial charge in [0.05, 0.1) is 12.7 Å². The van der Waals surface area contributed by atoms with Crippen molar-refractivity contribution in [2.24, 2.45) is 0 Å². The summed E-state index contributed by atoms with van der Waals surface area (Å²) < 4.78 is 42.6. The lowest BCUT2D eigenvalue weighted by atomic mass is 10.0. The highest BCUT2D eigenvalue weighted by Crippen LogP contribution is 2.29. The molecule has 2 aromatic rings. The number of carbonyl (C=O) groups is 1. The number of methoxy groups -OCH3 is 1. The predicted molar refractivity (Wildman–Crippen MR) is 82.4 cm³/mol. The molecule has 0 unspecified atom stereocenters. The fourth-order valence-corrected chi connectivity index (χ4v) is 1.98. The molecule has 0 saturated carbocycles. The lowest BCUT2D eigenvalue weighted by molar-refractivity contribution is -0.137. The minimum Gasteiger partial charge on any atom is -0.497 e. The third kappa shape index (κ3) is 4.02. The highest BCUT2D eigenvalue weighted by molar-refractivity contribution is 6.14. The third-order valence-corrected chi connectivity index (χ3v) is 3.27. The minimum absolute atomic E-state index is 0.167. The summed E-state index contributed by atoms with van der Waals surface area (Å²) in [6.07, 6.45) is -3.17. The summed E-state index contributed by atoms with van der Waals surface area (Å²) in [6.45, 7) is 0. The molecular weight excluding hydrogens is 319 g/mol. The van der Waals surface area contributed by atoms with Crippen molar-refractivity contribution in [3.8, 4) is 11.8 Å². The zero-order chi connectivity index (χ0) is 17.7. The van der Waals surface area contributed by atoms with Gasteiger partial charge in [-0.1, -0.05) is 12.1 Å². The van der Waals surface area contributed by atoms with Gasteiger partial charge >= 0.3 is 6.18 Å². The van der Waals surface area contributed by atoms with Gasteiger partial charge in [0.15, 0.2) is 0 Å². The summed E-state index contributed by atoms with van der Waals surface area (Å²) in [5.74, 6) is 0.0526. The van der Waals surface area contributed by atoms with E-state index in [0.29, 0.717) is 11.3 Å². The Morgan fingerprint density at radius 1 is 1.08 bits per heavy atom. The summed E-state index contributed by atoms with van der Waals surface area (Å²) in [6, 6.07) is 12.2. The number of halogens is 3. The predicted octanol–water partition coefficient (Wildman–Crippen LogP) is 4.50. The number of nitrogens with zero attached hydrogens (tertiary/aromatic N) is 1. The fourth-order valence-electron chi connectivity index (χ4n) is 1.98. The van der Waals surface area contributed by atoms with Crippen molar-refractivity contribution in [3.63, 3.8) is 0 Å². The average molecular weight is 331 g/mol. The van der Waals surface area contributed by atoms with E-state index in [4.69, 9.17) is 10.00 Å². The van der Waals surface area contributed by atoms with Gasteiger partial charge in [0.25, 0.3) is 0 Å². The van der Waals surface area contributed by atoms with Crippen molar-refractivity contribution in [3.05, 3.63) is 70.8 Å². The number of allylic oxidation sites excluding steroid dienone is 1. The Kier molecular flexibility index (Phi) is 5.05. The Labute approximate surface area is 136 Å². The van der Waals surface area contributed by atoms with Crippen molar-refractivity contribution in [2.75, 3.05) is 7.11 Å². The molecule has 0 atom stereocenters. The van der Waals surface area contributed by atoms with Gasteiger partial charge in [-0.2, -0.15) is 18.4 Å². The van der Waals surface area contributed by atoms with Crippen LogP contribution in [-0.2, 0) is 6.18 Å². The maximum Gasteiger partial charge on any atom is 0.416 e. The van der Waals surface area contributed by atoms with Crippen LogP contribution in [0.1, 0.15) is 21.5 Å². The smallest absolute Gasteiger partial charge is 0.416 e. The van der Waals surface area contributed by atoms with Gasteiger partial charge in [-0.3, -0.25) is 4.79 Å². The third-order valence-electron chi connectivity index (χ3n) is 3.27. The van der Waals surface area contributed by atoms with Crippen LogP contribution in [0.3, 0.4) is 0 Å². The molecule has 2 rings (SSSR count). The number of alkyl halides is 3. The average Bonchev–Trinajstić information content (AvgIpc) is 2.59. The van der Waals surface area contributed by atoms with Crippen LogP contribution in [0.25, 0.3) is 6.08 Å². The Bertz CT molecular complexity index is 798. The number of hydrogen-bond donors (Lipinski definition) is 0. The van der Waals surface area contributed by atoms with Gasteiger partial charge in [-0.15, -0.1) is 0 Å². The molecule has 3 nitrogen and oxygen atoms in total. The molecule has 0 fully saturated rings. The SMILES string of the molecule is COc1ccc(C(=O)/C(C#N)=C/c2ccc(C(F)(F)F)cc2)cc1. The topological polar surface area (TPSA) is 50.1 Å². The Balaban J connectivity index is 2.28. The second kappa shape index (κ2) is 7.01. The Morgan fingerprint density at radius 2 is 1.67 bits per heavy atom. The van der Waals surface area contributed by atoms with E-state index < -0.39 is 17.5 Å². The van der Waals surface area contributed by atoms with Crippen LogP contribution in [-0.4, -0.2) is 12.9 Å². The lowest BCUT2D eigenvalue weighted by Gasteiger charge is -2.06. The molecule has 24 heavy (non-hydrogen) atoms. The van der Waals surface area contributed by atoms with E-state index in [1.165, 1.54) is 37.5 Å². The van der Waals surface area contributed by atoms with Gasteiger partial charge in [0.1, 0.15) is 17.4 Å². The first-order valence-corrected chi connectivity index (χ1v) is 6.83. The molecule has 122 valence electrons. The summed E-state index contributed by atoms with van der Waals surface area (Å²) >= 11 is 0. The molecule has 0 aliphatic rings. The Morgan fingerprint density at radius 3 is 2.12 bits per heavy atom. The molecule has 0 spiro atoms. The number of rotatable bonds is 4. The maximum absolute atomic E-state index is 12.5. The molecule has 0 aliphatic carbocycles. The first kappa shape index (κ1) is 17.3. The number of ether oxygens (including phenoxy) is 1. The van der Waals surface area contributed by atoms with E-state index in [0.717, 1.165) is 12.1 Å². The van der Waals surface area contributed by atoms with Gasteiger partial charge in [0.2, 0.25) is 5.78 Å². The van der Waals surface area contributed by atoms with Gasteiger partial charge in [0, 0.05) is 5.56 Å². The number of carbonyl (C=O) groups excluding carboxylic acids is 1. The van der Waals surface area contributed by atoms with E-state index in [9.17, 15) is 18.0 Å². The lowest BCUT2D eigenvalue weighted by Crippen LogP contribution is -2.04. The molecular formula is C18H12F3NO2. The Hall–Kier alpha value is -3.07. The number of benzene rings is 2.